The van der Waals surface area contributed by atoms with Crippen molar-refractivity contribution >= 4 is 23.5 Å². The first-order valence-corrected chi connectivity index (χ1v) is 5.44. The number of carbonyl (C=O) groups excluding carboxylic acids is 1. The zero-order valence-corrected chi connectivity index (χ0v) is 9.12. The summed E-state index contributed by atoms with van der Waals surface area (Å²) in [6, 6.07) is 0.166. The van der Waals surface area contributed by atoms with Crippen molar-refractivity contribution in [2.75, 3.05) is 11.2 Å². The van der Waals surface area contributed by atoms with Crippen LogP contribution in [0.2, 0.25) is 0 Å². The van der Waals surface area contributed by atoms with Crippen LogP contribution < -0.4 is 5.32 Å². The fourth-order valence-electron chi connectivity index (χ4n) is 1.08. The summed E-state index contributed by atoms with van der Waals surface area (Å²) in [5, 5.41) is 10.1. The number of amides is 1. The standard InChI is InChI=1S/C9H12ClN3O2/c1-5(4-10)7(14)11-9-13-12-8(15-9)6-2-3-6/h5-6H,2-4H2,1H3,(H,11,13,14). The molecule has 1 N–H and O–H groups in total. The Morgan fingerprint density at radius 1 is 1.67 bits per heavy atom. The van der Waals surface area contributed by atoms with Crippen LogP contribution in [0.1, 0.15) is 31.6 Å². The first-order chi connectivity index (χ1) is 7.20. The maximum Gasteiger partial charge on any atom is 0.322 e. The number of halogens is 1. The third-order valence-corrected chi connectivity index (χ3v) is 2.74. The summed E-state index contributed by atoms with van der Waals surface area (Å²) in [5.41, 5.74) is 0. The summed E-state index contributed by atoms with van der Waals surface area (Å²) in [4.78, 5) is 11.4. The summed E-state index contributed by atoms with van der Waals surface area (Å²) in [6.45, 7) is 1.74. The van der Waals surface area contributed by atoms with E-state index in [0.29, 0.717) is 11.8 Å². The Kier molecular flexibility index (Phi) is 2.90. The van der Waals surface area contributed by atoms with Gasteiger partial charge >= 0.3 is 6.01 Å². The van der Waals surface area contributed by atoms with E-state index >= 15 is 0 Å². The highest BCUT2D eigenvalue weighted by Crippen LogP contribution is 2.39. The Morgan fingerprint density at radius 3 is 3.00 bits per heavy atom. The van der Waals surface area contributed by atoms with E-state index in [-0.39, 0.29) is 23.7 Å². The maximum absolute atomic E-state index is 11.4. The third-order valence-electron chi connectivity index (χ3n) is 2.28. The lowest BCUT2D eigenvalue weighted by atomic mass is 10.2. The van der Waals surface area contributed by atoms with E-state index in [1.165, 1.54) is 0 Å². The fraction of sp³-hybridized carbons (Fsp3) is 0.667. The predicted octanol–water partition coefficient (Wildman–Crippen LogP) is 1.76. The molecule has 1 heterocycles. The second-order valence-corrected chi connectivity index (χ2v) is 4.07. The van der Waals surface area contributed by atoms with E-state index in [1.807, 2.05) is 0 Å². The molecule has 0 spiro atoms. The molecule has 1 saturated carbocycles. The average Bonchev–Trinajstić information content (AvgIpc) is 2.99. The molecule has 6 heteroatoms. The zero-order chi connectivity index (χ0) is 10.8. The Hall–Kier alpha value is -1.10. The summed E-state index contributed by atoms with van der Waals surface area (Å²) < 4.78 is 5.28. The van der Waals surface area contributed by atoms with Gasteiger partial charge in [-0.05, 0) is 12.8 Å². The molecule has 1 aromatic heterocycles. The predicted molar refractivity (Wildman–Crippen MR) is 54.8 cm³/mol. The highest BCUT2D eigenvalue weighted by molar-refractivity contribution is 6.19. The third kappa shape index (κ3) is 2.47. The van der Waals surface area contributed by atoms with E-state index in [2.05, 4.69) is 15.5 Å². The lowest BCUT2D eigenvalue weighted by molar-refractivity contribution is -0.118. The number of hydrogen-bond acceptors (Lipinski definition) is 4. The largest absolute Gasteiger partial charge is 0.408 e. The lowest BCUT2D eigenvalue weighted by Gasteiger charge is -2.04. The van der Waals surface area contributed by atoms with Gasteiger partial charge in [0.15, 0.2) is 0 Å². The van der Waals surface area contributed by atoms with Gasteiger partial charge in [-0.25, -0.2) is 0 Å². The summed E-state index contributed by atoms with van der Waals surface area (Å²) in [7, 11) is 0. The van der Waals surface area contributed by atoms with Gasteiger partial charge in [-0.15, -0.1) is 16.7 Å². The van der Waals surface area contributed by atoms with Crippen molar-refractivity contribution in [3.63, 3.8) is 0 Å². The van der Waals surface area contributed by atoms with Crippen molar-refractivity contribution in [2.24, 2.45) is 5.92 Å². The summed E-state index contributed by atoms with van der Waals surface area (Å²) in [6.07, 6.45) is 2.18. The minimum atomic E-state index is -0.261. The van der Waals surface area contributed by atoms with Crippen molar-refractivity contribution in [3.05, 3.63) is 5.89 Å². The minimum Gasteiger partial charge on any atom is -0.408 e. The number of carbonyl (C=O) groups is 1. The van der Waals surface area contributed by atoms with E-state index < -0.39 is 0 Å². The second-order valence-electron chi connectivity index (χ2n) is 3.76. The van der Waals surface area contributed by atoms with Gasteiger partial charge in [0.1, 0.15) is 0 Å². The molecule has 1 fully saturated rings. The Labute approximate surface area is 92.2 Å². The molecule has 1 unspecified atom stereocenters. The van der Waals surface area contributed by atoms with Crippen LogP contribution in [0.15, 0.2) is 4.42 Å². The Morgan fingerprint density at radius 2 is 2.40 bits per heavy atom. The van der Waals surface area contributed by atoms with Crippen LogP contribution in [-0.4, -0.2) is 22.0 Å². The molecular formula is C9H12ClN3O2. The van der Waals surface area contributed by atoms with Gasteiger partial charge in [0.25, 0.3) is 0 Å². The lowest BCUT2D eigenvalue weighted by Crippen LogP contribution is -2.21. The molecule has 1 aliphatic carbocycles. The number of anilines is 1. The monoisotopic (exact) mass is 229 g/mol. The summed E-state index contributed by atoms with van der Waals surface area (Å²) >= 11 is 5.55. The molecule has 0 aliphatic heterocycles. The number of aromatic nitrogens is 2. The van der Waals surface area contributed by atoms with Crippen molar-refractivity contribution in [1.29, 1.82) is 0 Å². The second kappa shape index (κ2) is 4.18. The van der Waals surface area contributed by atoms with E-state index in [0.717, 1.165) is 12.8 Å². The molecule has 0 aromatic carbocycles. The molecule has 1 amide bonds. The molecule has 1 aromatic rings. The fourth-order valence-corrected chi connectivity index (χ4v) is 1.22. The molecule has 15 heavy (non-hydrogen) atoms. The van der Waals surface area contributed by atoms with Crippen molar-refractivity contribution in [3.8, 4) is 0 Å². The summed E-state index contributed by atoms with van der Waals surface area (Å²) in [5.74, 6) is 0.825. The number of alkyl halides is 1. The van der Waals surface area contributed by atoms with Crippen LogP contribution in [0.4, 0.5) is 6.01 Å². The van der Waals surface area contributed by atoms with Crippen LogP contribution in [0, 0.1) is 5.92 Å². The van der Waals surface area contributed by atoms with Crippen molar-refractivity contribution in [2.45, 2.75) is 25.7 Å². The first kappa shape index (κ1) is 10.4. The van der Waals surface area contributed by atoms with Gasteiger partial charge in [0.2, 0.25) is 11.8 Å². The van der Waals surface area contributed by atoms with Crippen molar-refractivity contribution < 1.29 is 9.21 Å². The molecule has 2 rings (SSSR count). The quantitative estimate of drug-likeness (QED) is 0.799. The molecule has 1 aliphatic rings. The number of nitrogens with one attached hydrogen (secondary N) is 1. The van der Waals surface area contributed by atoms with Gasteiger partial charge < -0.3 is 4.42 Å². The number of rotatable bonds is 4. The molecular weight excluding hydrogens is 218 g/mol. The van der Waals surface area contributed by atoms with Gasteiger partial charge in [0.05, 0.1) is 0 Å². The maximum atomic E-state index is 11.4. The van der Waals surface area contributed by atoms with Crippen molar-refractivity contribution in [1.82, 2.24) is 10.2 Å². The van der Waals surface area contributed by atoms with Crippen LogP contribution in [0.5, 0.6) is 0 Å². The normalized spacial score (nSPS) is 17.5. The number of hydrogen-bond donors (Lipinski definition) is 1. The van der Waals surface area contributed by atoms with E-state index in [9.17, 15) is 4.79 Å². The van der Waals surface area contributed by atoms with Gasteiger partial charge in [-0.2, -0.15) is 0 Å². The van der Waals surface area contributed by atoms with Gasteiger partial charge in [-0.3, -0.25) is 10.1 Å². The van der Waals surface area contributed by atoms with Gasteiger partial charge in [0, 0.05) is 17.7 Å². The minimum absolute atomic E-state index is 0.166. The zero-order valence-electron chi connectivity index (χ0n) is 8.36. The SMILES string of the molecule is CC(CCl)C(=O)Nc1nnc(C2CC2)o1. The highest BCUT2D eigenvalue weighted by Gasteiger charge is 2.29. The molecule has 82 valence electrons. The molecule has 0 radical (unpaired) electrons. The van der Waals surface area contributed by atoms with E-state index in [4.69, 9.17) is 16.0 Å². The highest BCUT2D eigenvalue weighted by atomic mass is 35.5. The van der Waals surface area contributed by atoms with E-state index in [1.54, 1.807) is 6.92 Å². The molecule has 0 bridgehead atoms. The molecule has 5 nitrogen and oxygen atoms in total. The van der Waals surface area contributed by atoms with Crippen LogP contribution in [-0.2, 0) is 4.79 Å². The Bertz CT molecular complexity index is 362. The molecule has 0 saturated heterocycles. The first-order valence-electron chi connectivity index (χ1n) is 4.91. The van der Waals surface area contributed by atoms with Crippen LogP contribution >= 0.6 is 11.6 Å². The van der Waals surface area contributed by atoms with Gasteiger partial charge in [-0.1, -0.05) is 12.0 Å². The van der Waals surface area contributed by atoms with Crippen LogP contribution in [0.3, 0.4) is 0 Å². The topological polar surface area (TPSA) is 68.0 Å². The molecule has 1 atom stereocenters. The van der Waals surface area contributed by atoms with Crippen LogP contribution in [0.25, 0.3) is 0 Å². The number of nitrogens with zero attached hydrogens (tertiary/aromatic N) is 2. The Balaban J connectivity index is 1.95. The average molecular weight is 230 g/mol. The smallest absolute Gasteiger partial charge is 0.322 e.